The lowest BCUT2D eigenvalue weighted by Gasteiger charge is -2.28. The summed E-state index contributed by atoms with van der Waals surface area (Å²) >= 11 is 0. The van der Waals surface area contributed by atoms with Crippen molar-refractivity contribution in [3.63, 3.8) is 0 Å². The lowest BCUT2D eigenvalue weighted by molar-refractivity contribution is -0.160. The quantitative estimate of drug-likeness (QED) is 0.353. The molecule has 0 heterocycles. The van der Waals surface area contributed by atoms with Gasteiger partial charge in [-0.15, -0.1) is 0 Å². The van der Waals surface area contributed by atoms with Gasteiger partial charge in [0.25, 0.3) is 0 Å². The molecular formula is C34H49NO3. The zero-order valence-electron chi connectivity index (χ0n) is 25.9. The van der Waals surface area contributed by atoms with Crippen molar-refractivity contribution in [2.75, 3.05) is 12.4 Å². The van der Waals surface area contributed by atoms with E-state index in [2.05, 4.69) is 76.3 Å². The number of aliphatic carboxylic acids is 1. The van der Waals surface area contributed by atoms with Gasteiger partial charge in [0.2, 0.25) is 0 Å². The van der Waals surface area contributed by atoms with Crippen LogP contribution in [-0.4, -0.2) is 23.7 Å². The van der Waals surface area contributed by atoms with Crippen LogP contribution in [0, 0.1) is 48.5 Å². The topological polar surface area (TPSA) is 58.6 Å². The molecule has 3 rings (SSSR count). The van der Waals surface area contributed by atoms with Gasteiger partial charge in [-0.25, -0.2) is 4.79 Å². The molecule has 1 atom stereocenters. The lowest BCUT2D eigenvalue weighted by atomic mass is 9.89. The normalized spacial score (nSPS) is 11.5. The summed E-state index contributed by atoms with van der Waals surface area (Å²) in [5.74, 6) is -0.978. The molecule has 0 spiro atoms. The lowest BCUT2D eigenvalue weighted by Crippen LogP contribution is -2.28. The Kier molecular flexibility index (Phi) is 12.3. The number of carboxylic acid groups (broad SMARTS) is 1. The van der Waals surface area contributed by atoms with E-state index in [1.54, 1.807) is 0 Å². The van der Waals surface area contributed by atoms with Crippen molar-refractivity contribution in [2.24, 2.45) is 0 Å². The molecule has 0 bridgehead atoms. The molecule has 0 amide bonds. The number of rotatable bonds is 5. The fourth-order valence-corrected chi connectivity index (χ4v) is 4.29. The number of carbonyl (C=O) groups is 1. The summed E-state index contributed by atoms with van der Waals surface area (Å²) in [7, 11) is 1.87. The van der Waals surface area contributed by atoms with Crippen LogP contribution in [0.25, 0.3) is 11.1 Å². The number of hydrogen-bond donors (Lipinski definition) is 2. The minimum Gasteiger partial charge on any atom is -0.479 e. The number of aryl methyl sites for hydroxylation is 6. The Morgan fingerprint density at radius 2 is 1.32 bits per heavy atom. The molecule has 0 radical (unpaired) electrons. The Balaban J connectivity index is 0.000000548. The van der Waals surface area contributed by atoms with Crippen molar-refractivity contribution in [1.82, 2.24) is 0 Å². The molecular weight excluding hydrogens is 470 g/mol. The van der Waals surface area contributed by atoms with E-state index in [4.69, 9.17) is 4.74 Å². The maximum absolute atomic E-state index is 11.9. The molecule has 0 fully saturated rings. The van der Waals surface area contributed by atoms with E-state index in [9.17, 15) is 9.90 Å². The predicted molar refractivity (Wildman–Crippen MR) is 164 cm³/mol. The third-order valence-electron chi connectivity index (χ3n) is 6.51. The average molecular weight is 520 g/mol. The second-order valence-electron chi connectivity index (χ2n) is 10.7. The molecule has 0 aliphatic rings. The molecule has 0 aliphatic heterocycles. The van der Waals surface area contributed by atoms with Gasteiger partial charge in [0.15, 0.2) is 6.10 Å². The zero-order valence-corrected chi connectivity index (χ0v) is 25.9. The van der Waals surface area contributed by atoms with E-state index in [1.807, 2.05) is 61.6 Å². The molecule has 0 aliphatic carbocycles. The summed E-state index contributed by atoms with van der Waals surface area (Å²) in [6.07, 6.45) is -1.01. The van der Waals surface area contributed by atoms with E-state index in [0.717, 1.165) is 27.9 Å². The van der Waals surface area contributed by atoms with Gasteiger partial charge in [-0.1, -0.05) is 61.9 Å². The van der Waals surface area contributed by atoms with Crippen LogP contribution in [0.5, 0.6) is 0 Å². The summed E-state index contributed by atoms with van der Waals surface area (Å²) in [5, 5.41) is 13.1. The molecule has 1 unspecified atom stereocenters. The van der Waals surface area contributed by atoms with Crippen molar-refractivity contribution in [3.8, 4) is 11.1 Å². The van der Waals surface area contributed by atoms with Gasteiger partial charge in [-0.05, 0) is 114 Å². The highest BCUT2D eigenvalue weighted by atomic mass is 16.5. The third-order valence-corrected chi connectivity index (χ3v) is 6.51. The van der Waals surface area contributed by atoms with E-state index in [0.29, 0.717) is 5.56 Å². The van der Waals surface area contributed by atoms with Gasteiger partial charge < -0.3 is 15.2 Å². The van der Waals surface area contributed by atoms with Crippen molar-refractivity contribution in [2.45, 2.75) is 94.8 Å². The fourth-order valence-electron chi connectivity index (χ4n) is 4.29. The average Bonchev–Trinajstić information content (AvgIpc) is 2.84. The molecule has 4 heteroatoms. The summed E-state index contributed by atoms with van der Waals surface area (Å²) in [5.41, 5.74) is 11.8. The first-order chi connectivity index (χ1) is 17.7. The van der Waals surface area contributed by atoms with Crippen LogP contribution in [-0.2, 0) is 9.53 Å². The highest BCUT2D eigenvalue weighted by Gasteiger charge is 2.30. The Bertz CT molecular complexity index is 1240. The SMILES string of the molecule is CC.CNc1c(C)c(C(OC(C)(C)C)C(=O)O)cc(C)c1-c1ccc(C)c(C)c1.Cc1ccc(C)c(C)c1. The third kappa shape index (κ3) is 8.73. The number of benzene rings is 3. The monoisotopic (exact) mass is 519 g/mol. The van der Waals surface area contributed by atoms with Crippen LogP contribution in [0.4, 0.5) is 5.69 Å². The Hall–Kier alpha value is -3.11. The standard InChI is InChI=1S/C23H31NO3.C9H12.C2H6/c1-13-9-10-17(11-14(13)2)19-15(3)12-18(16(4)20(19)24-8)21(22(25)26)27-23(5,6)7;1-7-4-5-8(2)9(3)6-7;1-2/h9-12,21,24H,1-8H3,(H,25,26);4-6H,1-3H3;1-2H3. The molecule has 0 aromatic heterocycles. The molecule has 208 valence electrons. The Labute approximate surface area is 231 Å². The van der Waals surface area contributed by atoms with Gasteiger partial charge in [-0.3, -0.25) is 0 Å². The summed E-state index contributed by atoms with van der Waals surface area (Å²) in [6, 6.07) is 14.9. The van der Waals surface area contributed by atoms with Crippen LogP contribution in [0.3, 0.4) is 0 Å². The number of anilines is 1. The zero-order chi connectivity index (χ0) is 29.4. The predicted octanol–water partition coefficient (Wildman–Crippen LogP) is 9.21. The second kappa shape index (κ2) is 14.2. The van der Waals surface area contributed by atoms with E-state index < -0.39 is 17.7 Å². The number of ether oxygens (including phenoxy) is 1. The fraction of sp³-hybridized carbons (Fsp3) is 0.441. The van der Waals surface area contributed by atoms with Gasteiger partial charge >= 0.3 is 5.97 Å². The van der Waals surface area contributed by atoms with E-state index in [-0.39, 0.29) is 0 Å². The maximum atomic E-state index is 11.9. The van der Waals surface area contributed by atoms with Crippen molar-refractivity contribution < 1.29 is 14.6 Å². The smallest absolute Gasteiger partial charge is 0.337 e. The second-order valence-corrected chi connectivity index (χ2v) is 10.7. The van der Waals surface area contributed by atoms with Crippen LogP contribution >= 0.6 is 0 Å². The molecule has 3 aromatic carbocycles. The van der Waals surface area contributed by atoms with Crippen LogP contribution in [0.2, 0.25) is 0 Å². The number of nitrogens with one attached hydrogen (secondary N) is 1. The largest absolute Gasteiger partial charge is 0.479 e. The van der Waals surface area contributed by atoms with E-state index >= 15 is 0 Å². The maximum Gasteiger partial charge on any atom is 0.337 e. The molecule has 2 N–H and O–H groups in total. The van der Waals surface area contributed by atoms with Gasteiger partial charge in [0.05, 0.1) is 5.60 Å². The van der Waals surface area contributed by atoms with Crippen molar-refractivity contribution >= 4 is 11.7 Å². The number of carboxylic acids is 1. The Morgan fingerprint density at radius 1 is 0.789 bits per heavy atom. The molecule has 0 saturated carbocycles. The first-order valence-electron chi connectivity index (χ1n) is 13.5. The molecule has 3 aromatic rings. The molecule has 4 nitrogen and oxygen atoms in total. The van der Waals surface area contributed by atoms with Gasteiger partial charge in [0.1, 0.15) is 0 Å². The summed E-state index contributed by atoms with van der Waals surface area (Å²) in [6.45, 7) is 24.2. The van der Waals surface area contributed by atoms with Crippen molar-refractivity contribution in [1.29, 1.82) is 0 Å². The molecule has 0 saturated heterocycles. The van der Waals surface area contributed by atoms with Crippen molar-refractivity contribution in [3.05, 3.63) is 87.0 Å². The first-order valence-corrected chi connectivity index (χ1v) is 13.5. The first kappa shape index (κ1) is 32.9. The summed E-state index contributed by atoms with van der Waals surface area (Å²) < 4.78 is 5.87. The molecule has 38 heavy (non-hydrogen) atoms. The number of hydrogen-bond acceptors (Lipinski definition) is 3. The van der Waals surface area contributed by atoms with Gasteiger partial charge in [0, 0.05) is 18.3 Å². The summed E-state index contributed by atoms with van der Waals surface area (Å²) in [4.78, 5) is 11.9. The highest BCUT2D eigenvalue weighted by molar-refractivity contribution is 5.86. The van der Waals surface area contributed by atoms with Gasteiger partial charge in [-0.2, -0.15) is 0 Å². The van der Waals surface area contributed by atoms with E-state index in [1.165, 1.54) is 27.8 Å². The highest BCUT2D eigenvalue weighted by Crippen LogP contribution is 2.40. The van der Waals surface area contributed by atoms with Crippen LogP contribution in [0.15, 0.2) is 42.5 Å². The van der Waals surface area contributed by atoms with Crippen LogP contribution < -0.4 is 5.32 Å². The Morgan fingerprint density at radius 3 is 1.74 bits per heavy atom. The minimum atomic E-state index is -1.01. The van der Waals surface area contributed by atoms with Crippen LogP contribution in [0.1, 0.15) is 85.2 Å². The minimum absolute atomic E-state index is 0.560.